The molecule has 1 unspecified atom stereocenters. The normalized spacial score (nSPS) is 23.1. The molecule has 0 spiro atoms. The van der Waals surface area contributed by atoms with Crippen LogP contribution in [-0.4, -0.2) is 56.5 Å². The fourth-order valence-electron chi connectivity index (χ4n) is 2.19. The maximum Gasteiger partial charge on any atom is 0.156 e. The number of hydrogen-bond donors (Lipinski definition) is 1. The zero-order valence-electron chi connectivity index (χ0n) is 12.2. The summed E-state index contributed by atoms with van der Waals surface area (Å²) in [5.74, 6) is 0.261. The highest BCUT2D eigenvalue weighted by molar-refractivity contribution is 7.92. The molecule has 0 radical (unpaired) electrons. The third-order valence-electron chi connectivity index (χ3n) is 3.81. The van der Waals surface area contributed by atoms with Gasteiger partial charge in [-0.25, -0.2) is 8.42 Å². The van der Waals surface area contributed by atoms with E-state index in [1.165, 1.54) is 12.8 Å². The van der Waals surface area contributed by atoms with Crippen LogP contribution in [0.5, 0.6) is 0 Å². The largest absolute Gasteiger partial charge is 0.317 e. The average molecular weight is 276 g/mol. The van der Waals surface area contributed by atoms with Gasteiger partial charge in [-0.3, -0.25) is 0 Å². The van der Waals surface area contributed by atoms with Crippen LogP contribution in [0.2, 0.25) is 0 Å². The van der Waals surface area contributed by atoms with Crippen LogP contribution in [0.3, 0.4) is 0 Å². The van der Waals surface area contributed by atoms with Crippen LogP contribution in [0.25, 0.3) is 0 Å². The second-order valence-corrected chi connectivity index (χ2v) is 9.11. The molecule has 108 valence electrons. The molecular formula is C13H28N2O2S. The van der Waals surface area contributed by atoms with E-state index < -0.39 is 14.6 Å². The fraction of sp³-hybridized carbons (Fsp3) is 1.00. The molecule has 5 heteroatoms. The van der Waals surface area contributed by atoms with E-state index in [1.54, 1.807) is 20.8 Å². The zero-order chi connectivity index (χ0) is 13.8. The quantitative estimate of drug-likeness (QED) is 0.840. The van der Waals surface area contributed by atoms with Crippen molar-refractivity contribution in [2.45, 2.75) is 50.8 Å². The molecular weight excluding hydrogens is 248 g/mol. The molecule has 0 aromatic rings. The average Bonchev–Trinajstić information content (AvgIpc) is 2.52. The fourth-order valence-corrected chi connectivity index (χ4v) is 3.34. The molecule has 1 saturated heterocycles. The van der Waals surface area contributed by atoms with Crippen molar-refractivity contribution in [1.29, 1.82) is 0 Å². The van der Waals surface area contributed by atoms with Crippen LogP contribution in [0.4, 0.5) is 0 Å². The minimum Gasteiger partial charge on any atom is -0.317 e. The van der Waals surface area contributed by atoms with Crippen LogP contribution in [0.1, 0.15) is 40.0 Å². The molecule has 1 atom stereocenters. The lowest BCUT2D eigenvalue weighted by Gasteiger charge is -2.28. The first-order chi connectivity index (χ1) is 8.24. The summed E-state index contributed by atoms with van der Waals surface area (Å²) in [4.78, 5) is 2.22. The molecule has 4 nitrogen and oxygen atoms in total. The van der Waals surface area contributed by atoms with E-state index in [9.17, 15) is 8.42 Å². The summed E-state index contributed by atoms with van der Waals surface area (Å²) < 4.78 is 23.5. The van der Waals surface area contributed by atoms with Gasteiger partial charge in [0, 0.05) is 12.6 Å². The van der Waals surface area contributed by atoms with E-state index in [1.807, 2.05) is 7.05 Å². The number of nitrogens with one attached hydrogen (secondary N) is 1. The van der Waals surface area contributed by atoms with Crippen LogP contribution < -0.4 is 5.32 Å². The SMILES string of the molecule is CN(CCS(=O)(=O)C(C)(C)C)C1CCCNCC1. The Balaban J connectivity index is 2.47. The molecule has 1 aliphatic heterocycles. The maximum absolute atomic E-state index is 12.1. The molecule has 1 heterocycles. The Morgan fingerprint density at radius 3 is 2.50 bits per heavy atom. The van der Waals surface area contributed by atoms with Crippen molar-refractivity contribution in [2.24, 2.45) is 0 Å². The molecule has 18 heavy (non-hydrogen) atoms. The van der Waals surface area contributed by atoms with Gasteiger partial charge >= 0.3 is 0 Å². The Bertz CT molecular complexity index is 338. The molecule has 1 aliphatic rings. The number of sulfone groups is 1. The van der Waals surface area contributed by atoms with Crippen LogP contribution in [-0.2, 0) is 9.84 Å². The van der Waals surface area contributed by atoms with Crippen molar-refractivity contribution in [3.05, 3.63) is 0 Å². The zero-order valence-corrected chi connectivity index (χ0v) is 13.0. The maximum atomic E-state index is 12.1. The van der Waals surface area contributed by atoms with Crippen molar-refractivity contribution >= 4 is 9.84 Å². The highest BCUT2D eigenvalue weighted by Gasteiger charge is 2.29. The first-order valence-electron chi connectivity index (χ1n) is 6.87. The van der Waals surface area contributed by atoms with Crippen molar-refractivity contribution in [3.63, 3.8) is 0 Å². The summed E-state index contributed by atoms with van der Waals surface area (Å²) in [6.45, 7) is 8.10. The highest BCUT2D eigenvalue weighted by atomic mass is 32.2. The molecule has 0 saturated carbocycles. The molecule has 1 rings (SSSR count). The predicted octanol–water partition coefficient (Wildman–Crippen LogP) is 1.27. The van der Waals surface area contributed by atoms with Gasteiger partial charge in [-0.2, -0.15) is 0 Å². The summed E-state index contributed by atoms with van der Waals surface area (Å²) in [6.07, 6.45) is 3.46. The van der Waals surface area contributed by atoms with Gasteiger partial charge in [0.05, 0.1) is 10.5 Å². The molecule has 1 N–H and O–H groups in total. The van der Waals surface area contributed by atoms with Gasteiger partial charge in [-0.05, 0) is 60.2 Å². The second kappa shape index (κ2) is 6.35. The van der Waals surface area contributed by atoms with E-state index in [-0.39, 0.29) is 5.75 Å². The summed E-state index contributed by atoms with van der Waals surface area (Å²) >= 11 is 0. The predicted molar refractivity (Wildman–Crippen MR) is 76.7 cm³/mol. The Hall–Kier alpha value is -0.130. The monoisotopic (exact) mass is 276 g/mol. The summed E-state index contributed by atoms with van der Waals surface area (Å²) in [7, 11) is -0.948. The van der Waals surface area contributed by atoms with Gasteiger partial charge < -0.3 is 10.2 Å². The van der Waals surface area contributed by atoms with Crippen molar-refractivity contribution < 1.29 is 8.42 Å². The summed E-state index contributed by atoms with van der Waals surface area (Å²) in [6, 6.07) is 0.523. The molecule has 0 aromatic heterocycles. The van der Waals surface area contributed by atoms with Crippen molar-refractivity contribution in [1.82, 2.24) is 10.2 Å². The second-order valence-electron chi connectivity index (χ2n) is 6.25. The first-order valence-corrected chi connectivity index (χ1v) is 8.52. The van der Waals surface area contributed by atoms with Gasteiger partial charge in [-0.15, -0.1) is 0 Å². The summed E-state index contributed by atoms with van der Waals surface area (Å²) in [5, 5.41) is 3.38. The summed E-state index contributed by atoms with van der Waals surface area (Å²) in [5.41, 5.74) is 0. The van der Waals surface area contributed by atoms with Gasteiger partial charge in [0.1, 0.15) is 0 Å². The Labute approximate surface area is 112 Å². The van der Waals surface area contributed by atoms with Gasteiger partial charge in [0.25, 0.3) is 0 Å². The lowest BCUT2D eigenvalue weighted by atomic mass is 10.1. The number of nitrogens with zero attached hydrogens (tertiary/aromatic N) is 1. The number of rotatable bonds is 4. The Morgan fingerprint density at radius 2 is 1.89 bits per heavy atom. The number of hydrogen-bond acceptors (Lipinski definition) is 4. The smallest absolute Gasteiger partial charge is 0.156 e. The third kappa shape index (κ3) is 4.52. The van der Waals surface area contributed by atoms with Crippen LogP contribution in [0, 0.1) is 0 Å². The van der Waals surface area contributed by atoms with Crippen LogP contribution >= 0.6 is 0 Å². The highest BCUT2D eigenvalue weighted by Crippen LogP contribution is 2.17. The molecule has 1 fully saturated rings. The van der Waals surface area contributed by atoms with Gasteiger partial charge in [0.2, 0.25) is 0 Å². The van der Waals surface area contributed by atoms with Crippen molar-refractivity contribution in [2.75, 3.05) is 32.4 Å². The van der Waals surface area contributed by atoms with E-state index in [2.05, 4.69) is 10.2 Å². The van der Waals surface area contributed by atoms with Crippen LogP contribution in [0.15, 0.2) is 0 Å². The third-order valence-corrected chi connectivity index (χ3v) is 6.40. The lowest BCUT2D eigenvalue weighted by molar-refractivity contribution is 0.236. The minimum atomic E-state index is -3.00. The van der Waals surface area contributed by atoms with E-state index >= 15 is 0 Å². The topological polar surface area (TPSA) is 49.4 Å². The Kier molecular flexibility index (Phi) is 5.62. The molecule has 0 aliphatic carbocycles. The van der Waals surface area contributed by atoms with E-state index in [0.29, 0.717) is 12.6 Å². The van der Waals surface area contributed by atoms with Crippen molar-refractivity contribution in [3.8, 4) is 0 Å². The van der Waals surface area contributed by atoms with E-state index in [0.717, 1.165) is 19.5 Å². The standard InChI is InChI=1S/C13H28N2O2S/c1-13(2,3)18(16,17)11-10-15(4)12-6-5-8-14-9-7-12/h12,14H,5-11H2,1-4H3. The lowest BCUT2D eigenvalue weighted by Crippen LogP contribution is -2.39. The minimum absolute atomic E-state index is 0.261. The first kappa shape index (κ1) is 15.9. The van der Waals surface area contributed by atoms with E-state index in [4.69, 9.17) is 0 Å². The molecule has 0 bridgehead atoms. The van der Waals surface area contributed by atoms with Gasteiger partial charge in [0.15, 0.2) is 9.84 Å². The molecule has 0 aromatic carbocycles. The van der Waals surface area contributed by atoms with Gasteiger partial charge in [-0.1, -0.05) is 0 Å². The molecule has 0 amide bonds. The Morgan fingerprint density at radius 1 is 1.22 bits per heavy atom.